The van der Waals surface area contributed by atoms with Crippen LogP contribution >= 0.6 is 0 Å². The van der Waals surface area contributed by atoms with E-state index in [1.165, 1.54) is 12.1 Å². The molecule has 0 aliphatic heterocycles. The first-order valence-corrected chi connectivity index (χ1v) is 5.33. The second kappa shape index (κ2) is 5.71. The Morgan fingerprint density at radius 1 is 1.47 bits per heavy atom. The second-order valence-corrected chi connectivity index (χ2v) is 3.67. The van der Waals surface area contributed by atoms with Gasteiger partial charge in [-0.3, -0.25) is 0 Å². The van der Waals surface area contributed by atoms with E-state index in [0.29, 0.717) is 12.4 Å². The van der Waals surface area contributed by atoms with E-state index in [-0.39, 0.29) is 11.9 Å². The van der Waals surface area contributed by atoms with Crippen LogP contribution in [-0.2, 0) is 0 Å². The number of hydrogen-bond donors (Lipinski definition) is 1. The lowest BCUT2D eigenvalue weighted by molar-refractivity contribution is 0.304. The molecular weight excluding hydrogens is 193 g/mol. The van der Waals surface area contributed by atoms with Crippen molar-refractivity contribution in [3.8, 4) is 5.75 Å². The number of nitrogens with two attached hydrogens (primary N) is 1. The molecule has 1 rings (SSSR count). The highest BCUT2D eigenvalue weighted by molar-refractivity contribution is 5.36. The molecule has 0 saturated carbocycles. The van der Waals surface area contributed by atoms with Gasteiger partial charge in [0.05, 0.1) is 6.61 Å². The van der Waals surface area contributed by atoms with Crippen LogP contribution in [0.4, 0.5) is 4.39 Å². The monoisotopic (exact) mass is 211 g/mol. The van der Waals surface area contributed by atoms with E-state index >= 15 is 0 Å². The van der Waals surface area contributed by atoms with E-state index in [4.69, 9.17) is 10.5 Å². The van der Waals surface area contributed by atoms with E-state index in [1.54, 1.807) is 6.07 Å². The number of unbranched alkanes of at least 4 members (excludes halogenated alkanes) is 1. The summed E-state index contributed by atoms with van der Waals surface area (Å²) in [5.74, 6) is 0.421. The molecule has 0 saturated heterocycles. The summed E-state index contributed by atoms with van der Waals surface area (Å²) in [5, 5.41) is 0. The first kappa shape index (κ1) is 12.0. The molecule has 0 bridgehead atoms. The molecule has 0 amide bonds. The van der Waals surface area contributed by atoms with Crippen LogP contribution in [0.1, 0.15) is 38.3 Å². The molecule has 84 valence electrons. The van der Waals surface area contributed by atoms with Gasteiger partial charge in [-0.2, -0.15) is 0 Å². The molecule has 2 nitrogen and oxygen atoms in total. The Labute approximate surface area is 90.2 Å². The minimum absolute atomic E-state index is 0.211. The summed E-state index contributed by atoms with van der Waals surface area (Å²) in [6.07, 6.45) is 2.07. The predicted molar refractivity (Wildman–Crippen MR) is 59.4 cm³/mol. The van der Waals surface area contributed by atoms with Crippen molar-refractivity contribution in [3.63, 3.8) is 0 Å². The number of hydrogen-bond acceptors (Lipinski definition) is 2. The van der Waals surface area contributed by atoms with Gasteiger partial charge in [0, 0.05) is 11.6 Å². The van der Waals surface area contributed by atoms with Crippen LogP contribution in [0.15, 0.2) is 18.2 Å². The summed E-state index contributed by atoms with van der Waals surface area (Å²) in [4.78, 5) is 0. The Morgan fingerprint density at radius 2 is 2.20 bits per heavy atom. The first-order chi connectivity index (χ1) is 7.15. The topological polar surface area (TPSA) is 35.2 Å². The van der Waals surface area contributed by atoms with Gasteiger partial charge in [-0.05, 0) is 31.5 Å². The van der Waals surface area contributed by atoms with E-state index < -0.39 is 0 Å². The SMILES string of the molecule is CCCCOc1ccc(F)cc1C(C)N. The van der Waals surface area contributed by atoms with Crippen molar-refractivity contribution in [2.75, 3.05) is 6.61 Å². The van der Waals surface area contributed by atoms with Crippen molar-refractivity contribution < 1.29 is 9.13 Å². The Balaban J connectivity index is 2.77. The van der Waals surface area contributed by atoms with Crippen LogP contribution in [0, 0.1) is 5.82 Å². The van der Waals surface area contributed by atoms with Crippen molar-refractivity contribution in [2.24, 2.45) is 5.73 Å². The van der Waals surface area contributed by atoms with Crippen molar-refractivity contribution >= 4 is 0 Å². The average Bonchev–Trinajstić information content (AvgIpc) is 2.20. The highest BCUT2D eigenvalue weighted by atomic mass is 19.1. The molecule has 1 aromatic carbocycles. The van der Waals surface area contributed by atoms with Gasteiger partial charge in [0.2, 0.25) is 0 Å². The van der Waals surface area contributed by atoms with Gasteiger partial charge in [0.25, 0.3) is 0 Å². The summed E-state index contributed by atoms with van der Waals surface area (Å²) in [5.41, 5.74) is 6.47. The number of rotatable bonds is 5. The third kappa shape index (κ3) is 3.51. The molecule has 0 heterocycles. The van der Waals surface area contributed by atoms with Crippen molar-refractivity contribution in [3.05, 3.63) is 29.6 Å². The minimum Gasteiger partial charge on any atom is -0.493 e. The summed E-state index contributed by atoms with van der Waals surface area (Å²) >= 11 is 0. The third-order valence-electron chi connectivity index (χ3n) is 2.22. The molecule has 15 heavy (non-hydrogen) atoms. The summed E-state index contributed by atoms with van der Waals surface area (Å²) in [7, 11) is 0. The van der Waals surface area contributed by atoms with E-state index in [2.05, 4.69) is 6.92 Å². The predicted octanol–water partition coefficient (Wildman–Crippen LogP) is 3.02. The van der Waals surface area contributed by atoms with Crippen LogP contribution in [0.3, 0.4) is 0 Å². The largest absolute Gasteiger partial charge is 0.493 e. The molecular formula is C12H18FNO. The molecule has 0 fully saturated rings. The normalized spacial score (nSPS) is 12.5. The smallest absolute Gasteiger partial charge is 0.124 e. The zero-order valence-electron chi connectivity index (χ0n) is 9.29. The number of benzene rings is 1. The zero-order chi connectivity index (χ0) is 11.3. The molecule has 0 aliphatic rings. The molecule has 0 aromatic heterocycles. The maximum atomic E-state index is 13.0. The van der Waals surface area contributed by atoms with Gasteiger partial charge in [-0.25, -0.2) is 4.39 Å². The summed E-state index contributed by atoms with van der Waals surface area (Å²) in [6, 6.07) is 4.26. The van der Waals surface area contributed by atoms with Crippen LogP contribution < -0.4 is 10.5 Å². The minimum atomic E-state index is -0.273. The molecule has 3 heteroatoms. The summed E-state index contributed by atoms with van der Waals surface area (Å²) < 4.78 is 18.5. The van der Waals surface area contributed by atoms with Gasteiger partial charge >= 0.3 is 0 Å². The lowest BCUT2D eigenvalue weighted by atomic mass is 10.1. The highest BCUT2D eigenvalue weighted by Crippen LogP contribution is 2.24. The van der Waals surface area contributed by atoms with Gasteiger partial charge in [-0.1, -0.05) is 13.3 Å². The Morgan fingerprint density at radius 3 is 2.80 bits per heavy atom. The van der Waals surface area contributed by atoms with Crippen LogP contribution in [-0.4, -0.2) is 6.61 Å². The lowest BCUT2D eigenvalue weighted by Crippen LogP contribution is -2.09. The fraction of sp³-hybridized carbons (Fsp3) is 0.500. The van der Waals surface area contributed by atoms with E-state index in [0.717, 1.165) is 18.4 Å². The molecule has 0 spiro atoms. The lowest BCUT2D eigenvalue weighted by Gasteiger charge is -2.13. The maximum Gasteiger partial charge on any atom is 0.124 e. The molecule has 2 N–H and O–H groups in total. The quantitative estimate of drug-likeness (QED) is 0.760. The standard InChI is InChI=1S/C12H18FNO/c1-3-4-7-15-12-6-5-10(13)8-11(12)9(2)14/h5-6,8-9H,3-4,7,14H2,1-2H3. The van der Waals surface area contributed by atoms with Crippen molar-refractivity contribution in [1.82, 2.24) is 0 Å². The second-order valence-electron chi connectivity index (χ2n) is 3.67. The van der Waals surface area contributed by atoms with Crippen LogP contribution in [0.25, 0.3) is 0 Å². The fourth-order valence-electron chi connectivity index (χ4n) is 1.33. The Hall–Kier alpha value is -1.09. The van der Waals surface area contributed by atoms with Gasteiger partial charge in [0.15, 0.2) is 0 Å². The molecule has 1 aromatic rings. The van der Waals surface area contributed by atoms with Gasteiger partial charge in [0.1, 0.15) is 11.6 Å². The van der Waals surface area contributed by atoms with Gasteiger partial charge in [-0.15, -0.1) is 0 Å². The fourth-order valence-corrected chi connectivity index (χ4v) is 1.33. The van der Waals surface area contributed by atoms with E-state index in [1.807, 2.05) is 6.92 Å². The third-order valence-corrected chi connectivity index (χ3v) is 2.22. The molecule has 0 aliphatic carbocycles. The van der Waals surface area contributed by atoms with Gasteiger partial charge < -0.3 is 10.5 Å². The van der Waals surface area contributed by atoms with Crippen molar-refractivity contribution in [2.45, 2.75) is 32.7 Å². The van der Waals surface area contributed by atoms with Crippen LogP contribution in [0.2, 0.25) is 0 Å². The molecule has 1 atom stereocenters. The molecule has 1 unspecified atom stereocenters. The molecule has 0 radical (unpaired) electrons. The number of ether oxygens (including phenoxy) is 1. The Bertz CT molecular complexity index is 312. The Kier molecular flexibility index (Phi) is 4.56. The first-order valence-electron chi connectivity index (χ1n) is 5.33. The van der Waals surface area contributed by atoms with E-state index in [9.17, 15) is 4.39 Å². The maximum absolute atomic E-state index is 13.0. The average molecular weight is 211 g/mol. The zero-order valence-corrected chi connectivity index (χ0v) is 9.29. The highest BCUT2D eigenvalue weighted by Gasteiger charge is 2.09. The summed E-state index contributed by atoms with van der Waals surface area (Å²) in [6.45, 7) is 4.57. The number of halogens is 1. The van der Waals surface area contributed by atoms with Crippen LogP contribution in [0.5, 0.6) is 5.75 Å². The van der Waals surface area contributed by atoms with Crippen molar-refractivity contribution in [1.29, 1.82) is 0 Å².